The van der Waals surface area contributed by atoms with Gasteiger partial charge in [0.1, 0.15) is 0 Å². The van der Waals surface area contributed by atoms with E-state index in [9.17, 15) is 0 Å². The lowest BCUT2D eigenvalue weighted by Gasteiger charge is -2.28. The molecule has 23 heavy (non-hydrogen) atoms. The van der Waals surface area contributed by atoms with Crippen LogP contribution in [0.4, 0.5) is 28.4 Å². The van der Waals surface area contributed by atoms with Crippen LogP contribution in [0.15, 0.2) is 83.9 Å². The normalized spacial score (nSPS) is 10.1. The smallest absolute Gasteiger partial charge is 0.0862 e. The third-order valence-corrected chi connectivity index (χ3v) is 3.72. The Morgan fingerprint density at radius 2 is 1.39 bits per heavy atom. The van der Waals surface area contributed by atoms with E-state index in [2.05, 4.69) is 52.3 Å². The summed E-state index contributed by atoms with van der Waals surface area (Å²) in [6, 6.07) is 26.5. The van der Waals surface area contributed by atoms with E-state index in [1.807, 2.05) is 55.6 Å². The van der Waals surface area contributed by atoms with Crippen molar-refractivity contribution in [1.29, 1.82) is 0 Å². The first-order valence-corrected chi connectivity index (χ1v) is 7.53. The van der Waals surface area contributed by atoms with Gasteiger partial charge in [-0.2, -0.15) is 0 Å². The molecule has 0 aliphatic carbocycles. The van der Waals surface area contributed by atoms with Gasteiger partial charge >= 0.3 is 0 Å². The lowest BCUT2D eigenvalue weighted by Crippen LogP contribution is -2.12. The number of hydrogen-bond acceptors (Lipinski definition) is 3. The van der Waals surface area contributed by atoms with Crippen molar-refractivity contribution < 1.29 is 0 Å². The maximum absolute atomic E-state index is 4.19. The number of benzene rings is 3. The van der Waals surface area contributed by atoms with Crippen molar-refractivity contribution in [3.05, 3.63) is 78.9 Å². The molecule has 3 aromatic rings. The van der Waals surface area contributed by atoms with Gasteiger partial charge in [-0.3, -0.25) is 4.99 Å². The van der Waals surface area contributed by atoms with Crippen LogP contribution in [0.1, 0.15) is 0 Å². The molecule has 0 aliphatic heterocycles. The zero-order chi connectivity index (χ0) is 16.1. The molecular formula is C20H19N3. The van der Waals surface area contributed by atoms with Gasteiger partial charge in [-0.15, -0.1) is 0 Å². The predicted molar refractivity (Wildman–Crippen MR) is 99.9 cm³/mol. The monoisotopic (exact) mass is 301 g/mol. The number of rotatable bonds is 5. The average Bonchev–Trinajstić information content (AvgIpc) is 2.64. The second-order valence-corrected chi connectivity index (χ2v) is 5.08. The van der Waals surface area contributed by atoms with E-state index < -0.39 is 0 Å². The Hall–Kier alpha value is -3.07. The summed E-state index contributed by atoms with van der Waals surface area (Å²) in [4.78, 5) is 6.38. The Morgan fingerprint density at radius 1 is 0.783 bits per heavy atom. The lowest BCUT2D eigenvalue weighted by molar-refractivity contribution is 1.27. The summed E-state index contributed by atoms with van der Waals surface area (Å²) in [5.41, 5.74) is 5.04. The molecule has 0 bridgehead atoms. The van der Waals surface area contributed by atoms with Gasteiger partial charge in [-0.25, -0.2) is 0 Å². The van der Waals surface area contributed by atoms with Crippen LogP contribution >= 0.6 is 0 Å². The summed E-state index contributed by atoms with van der Waals surface area (Å²) in [5, 5.41) is 3.27. The number of anilines is 4. The standard InChI is InChI=1S/C20H19N3/c1-21-17-12-6-8-14-19(17)23(16-10-4-3-5-11-16)20-15-9-7-13-18(20)22-2/h3-15,22H,1H2,2H3. The van der Waals surface area contributed by atoms with Gasteiger partial charge in [-0.05, 0) is 43.1 Å². The van der Waals surface area contributed by atoms with E-state index in [0.717, 1.165) is 28.4 Å². The van der Waals surface area contributed by atoms with Gasteiger partial charge in [0, 0.05) is 12.7 Å². The van der Waals surface area contributed by atoms with E-state index in [4.69, 9.17) is 0 Å². The second kappa shape index (κ2) is 6.79. The Morgan fingerprint density at radius 3 is 2.09 bits per heavy atom. The number of hydrogen-bond donors (Lipinski definition) is 1. The summed E-state index contributed by atoms with van der Waals surface area (Å²) in [7, 11) is 1.93. The van der Waals surface area contributed by atoms with Crippen LogP contribution in [0.3, 0.4) is 0 Å². The van der Waals surface area contributed by atoms with Gasteiger partial charge in [0.25, 0.3) is 0 Å². The second-order valence-electron chi connectivity index (χ2n) is 5.08. The molecule has 0 fully saturated rings. The first-order chi connectivity index (χ1) is 11.3. The highest BCUT2D eigenvalue weighted by Gasteiger charge is 2.17. The third kappa shape index (κ3) is 2.94. The topological polar surface area (TPSA) is 27.6 Å². The molecule has 3 aromatic carbocycles. The summed E-state index contributed by atoms with van der Waals surface area (Å²) in [6.07, 6.45) is 0. The quantitative estimate of drug-likeness (QED) is 0.627. The first kappa shape index (κ1) is 14.9. The maximum Gasteiger partial charge on any atom is 0.0862 e. The van der Waals surface area contributed by atoms with Crippen LogP contribution in [-0.4, -0.2) is 13.8 Å². The number of nitrogens with one attached hydrogen (secondary N) is 1. The van der Waals surface area contributed by atoms with Crippen LogP contribution in [0.2, 0.25) is 0 Å². The molecule has 1 N–H and O–H groups in total. The summed E-state index contributed by atoms with van der Waals surface area (Å²) >= 11 is 0. The van der Waals surface area contributed by atoms with Crippen LogP contribution < -0.4 is 10.2 Å². The summed E-state index contributed by atoms with van der Waals surface area (Å²) in [6.45, 7) is 3.71. The fraction of sp³-hybridized carbons (Fsp3) is 0.0500. The molecule has 114 valence electrons. The Balaban J connectivity index is 2.25. The van der Waals surface area contributed by atoms with Crippen LogP contribution in [0, 0.1) is 0 Å². The first-order valence-electron chi connectivity index (χ1n) is 7.53. The molecule has 0 saturated carbocycles. The zero-order valence-electron chi connectivity index (χ0n) is 13.1. The van der Waals surface area contributed by atoms with E-state index in [0.29, 0.717) is 0 Å². The molecule has 0 heterocycles. The fourth-order valence-corrected chi connectivity index (χ4v) is 2.65. The average molecular weight is 301 g/mol. The van der Waals surface area contributed by atoms with Crippen molar-refractivity contribution in [1.82, 2.24) is 0 Å². The third-order valence-electron chi connectivity index (χ3n) is 3.72. The summed E-state index contributed by atoms with van der Waals surface area (Å²) in [5.74, 6) is 0. The molecule has 0 spiro atoms. The lowest BCUT2D eigenvalue weighted by atomic mass is 10.1. The van der Waals surface area contributed by atoms with Gasteiger partial charge < -0.3 is 10.2 Å². The van der Waals surface area contributed by atoms with Crippen molar-refractivity contribution in [3.63, 3.8) is 0 Å². The highest BCUT2D eigenvalue weighted by molar-refractivity contribution is 5.88. The number of para-hydroxylation sites is 5. The van der Waals surface area contributed by atoms with Gasteiger partial charge in [0.15, 0.2) is 0 Å². The molecule has 0 saturated heterocycles. The minimum atomic E-state index is 0.849. The van der Waals surface area contributed by atoms with Crippen molar-refractivity contribution in [3.8, 4) is 0 Å². The van der Waals surface area contributed by atoms with Crippen molar-refractivity contribution in [2.75, 3.05) is 17.3 Å². The molecule has 0 aliphatic rings. The molecular weight excluding hydrogens is 282 g/mol. The van der Waals surface area contributed by atoms with E-state index in [-0.39, 0.29) is 0 Å². The summed E-state index contributed by atoms with van der Waals surface area (Å²) < 4.78 is 0. The molecule has 3 nitrogen and oxygen atoms in total. The zero-order valence-corrected chi connectivity index (χ0v) is 13.1. The molecule has 0 atom stereocenters. The minimum absolute atomic E-state index is 0.849. The largest absolute Gasteiger partial charge is 0.386 e. The van der Waals surface area contributed by atoms with E-state index in [1.165, 1.54) is 0 Å². The van der Waals surface area contributed by atoms with Crippen molar-refractivity contribution >= 4 is 35.2 Å². The molecule has 0 radical (unpaired) electrons. The molecule has 3 rings (SSSR count). The van der Waals surface area contributed by atoms with Crippen molar-refractivity contribution in [2.24, 2.45) is 4.99 Å². The molecule has 0 aromatic heterocycles. The molecule has 0 unspecified atom stereocenters. The highest BCUT2D eigenvalue weighted by Crippen LogP contribution is 2.42. The number of aliphatic imine (C=N–C) groups is 1. The highest BCUT2D eigenvalue weighted by atomic mass is 15.2. The van der Waals surface area contributed by atoms with Crippen LogP contribution in [-0.2, 0) is 0 Å². The van der Waals surface area contributed by atoms with Crippen molar-refractivity contribution in [2.45, 2.75) is 0 Å². The predicted octanol–water partition coefficient (Wildman–Crippen LogP) is 5.53. The Kier molecular flexibility index (Phi) is 4.39. The SMILES string of the molecule is C=Nc1ccccc1N(c1ccccc1)c1ccccc1NC. The fourth-order valence-electron chi connectivity index (χ4n) is 2.65. The van der Waals surface area contributed by atoms with Crippen LogP contribution in [0.5, 0.6) is 0 Å². The van der Waals surface area contributed by atoms with Gasteiger partial charge in [0.05, 0.1) is 22.7 Å². The van der Waals surface area contributed by atoms with Crippen LogP contribution in [0.25, 0.3) is 0 Å². The molecule has 3 heteroatoms. The van der Waals surface area contributed by atoms with E-state index in [1.54, 1.807) is 0 Å². The van der Waals surface area contributed by atoms with Gasteiger partial charge in [0.2, 0.25) is 0 Å². The Labute approximate surface area is 136 Å². The van der Waals surface area contributed by atoms with Gasteiger partial charge in [-0.1, -0.05) is 42.5 Å². The maximum atomic E-state index is 4.19. The van der Waals surface area contributed by atoms with E-state index >= 15 is 0 Å². The minimum Gasteiger partial charge on any atom is -0.386 e. The Bertz CT molecular complexity index is 797. The molecule has 0 amide bonds. The number of nitrogens with zero attached hydrogens (tertiary/aromatic N) is 2.